The number of nitrogens with one attached hydrogen (secondary N) is 2. The number of carbonyl (C=O) groups excluding carboxylic acids is 1. The van der Waals surface area contributed by atoms with Gasteiger partial charge in [-0.1, -0.05) is 24.6 Å². The van der Waals surface area contributed by atoms with Crippen molar-refractivity contribution in [2.45, 2.75) is 44.7 Å². The molecule has 4 heteroatoms. The highest BCUT2D eigenvalue weighted by molar-refractivity contribution is 5.82. The molecule has 0 aromatic heterocycles. The molecule has 19 heavy (non-hydrogen) atoms. The highest BCUT2D eigenvalue weighted by atomic mass is 19.1. The van der Waals surface area contributed by atoms with E-state index in [1.165, 1.54) is 6.07 Å². The fraction of sp³-hybridized carbons (Fsp3) is 0.533. The Morgan fingerprint density at radius 1 is 1.47 bits per heavy atom. The number of rotatable bonds is 4. The molecule has 3 nitrogen and oxygen atoms in total. The van der Waals surface area contributed by atoms with Gasteiger partial charge in [0.25, 0.3) is 0 Å². The molecule has 1 amide bonds. The van der Waals surface area contributed by atoms with Gasteiger partial charge in [-0.2, -0.15) is 0 Å². The molecule has 2 rings (SSSR count). The van der Waals surface area contributed by atoms with E-state index in [4.69, 9.17) is 0 Å². The fourth-order valence-electron chi connectivity index (χ4n) is 2.46. The van der Waals surface area contributed by atoms with Crippen molar-refractivity contribution in [3.05, 3.63) is 35.6 Å². The van der Waals surface area contributed by atoms with Crippen LogP contribution in [-0.4, -0.2) is 24.5 Å². The van der Waals surface area contributed by atoms with Gasteiger partial charge in [0.2, 0.25) is 5.91 Å². The van der Waals surface area contributed by atoms with E-state index in [0.717, 1.165) is 25.8 Å². The minimum atomic E-state index is -0.209. The monoisotopic (exact) mass is 264 g/mol. The van der Waals surface area contributed by atoms with Crippen LogP contribution in [0.5, 0.6) is 0 Å². The topological polar surface area (TPSA) is 41.1 Å². The lowest BCUT2D eigenvalue weighted by Crippen LogP contribution is -2.49. The van der Waals surface area contributed by atoms with E-state index in [1.54, 1.807) is 12.1 Å². The van der Waals surface area contributed by atoms with Gasteiger partial charge in [0.15, 0.2) is 0 Å². The zero-order valence-electron chi connectivity index (χ0n) is 11.3. The van der Waals surface area contributed by atoms with E-state index in [2.05, 4.69) is 10.6 Å². The predicted octanol–water partition coefficient (Wildman–Crippen LogP) is 2.02. The summed E-state index contributed by atoms with van der Waals surface area (Å²) in [5.74, 6) is -0.178. The molecule has 0 radical (unpaired) electrons. The first-order valence-corrected chi connectivity index (χ1v) is 6.94. The van der Waals surface area contributed by atoms with Gasteiger partial charge in [-0.15, -0.1) is 0 Å². The third-order valence-electron chi connectivity index (χ3n) is 3.50. The fourth-order valence-corrected chi connectivity index (χ4v) is 2.46. The third-order valence-corrected chi connectivity index (χ3v) is 3.50. The SMILES string of the molecule is CC(Cc1ccccc1F)NC(=O)C1CCCCN1. The van der Waals surface area contributed by atoms with E-state index in [9.17, 15) is 9.18 Å². The number of hydrogen-bond donors (Lipinski definition) is 2. The van der Waals surface area contributed by atoms with Crippen molar-refractivity contribution in [2.75, 3.05) is 6.54 Å². The van der Waals surface area contributed by atoms with Crippen LogP contribution in [0.1, 0.15) is 31.7 Å². The molecule has 1 aliphatic rings. The van der Waals surface area contributed by atoms with E-state index in [1.807, 2.05) is 13.0 Å². The first kappa shape index (κ1) is 14.0. The first-order chi connectivity index (χ1) is 9.16. The van der Waals surface area contributed by atoms with Crippen molar-refractivity contribution in [3.8, 4) is 0 Å². The van der Waals surface area contributed by atoms with Gasteiger partial charge < -0.3 is 10.6 Å². The van der Waals surface area contributed by atoms with Crippen molar-refractivity contribution < 1.29 is 9.18 Å². The molecular formula is C15H21FN2O. The van der Waals surface area contributed by atoms with Gasteiger partial charge >= 0.3 is 0 Å². The molecule has 0 bridgehead atoms. The van der Waals surface area contributed by atoms with Gasteiger partial charge in [-0.05, 0) is 44.4 Å². The summed E-state index contributed by atoms with van der Waals surface area (Å²) in [6.45, 7) is 2.81. The molecule has 104 valence electrons. The zero-order chi connectivity index (χ0) is 13.7. The molecule has 1 aliphatic heterocycles. The Labute approximate surface area is 113 Å². The Morgan fingerprint density at radius 3 is 2.95 bits per heavy atom. The molecule has 0 spiro atoms. The molecule has 2 N–H and O–H groups in total. The molecule has 1 saturated heterocycles. The Kier molecular flexibility index (Phi) is 4.91. The second kappa shape index (κ2) is 6.66. The smallest absolute Gasteiger partial charge is 0.237 e. The number of benzene rings is 1. The minimum Gasteiger partial charge on any atom is -0.352 e. The summed E-state index contributed by atoms with van der Waals surface area (Å²) in [6, 6.07) is 6.55. The van der Waals surface area contributed by atoms with Crippen LogP contribution in [0.2, 0.25) is 0 Å². The highest BCUT2D eigenvalue weighted by Gasteiger charge is 2.21. The van der Waals surface area contributed by atoms with Gasteiger partial charge in [0, 0.05) is 6.04 Å². The summed E-state index contributed by atoms with van der Waals surface area (Å²) < 4.78 is 13.5. The number of piperidine rings is 1. The van der Waals surface area contributed by atoms with Gasteiger partial charge in [-0.3, -0.25) is 4.79 Å². The van der Waals surface area contributed by atoms with Gasteiger partial charge in [0.05, 0.1) is 6.04 Å². The van der Waals surface area contributed by atoms with Gasteiger partial charge in [-0.25, -0.2) is 4.39 Å². The number of hydrogen-bond acceptors (Lipinski definition) is 2. The molecule has 1 fully saturated rings. The number of carbonyl (C=O) groups is 1. The van der Waals surface area contributed by atoms with Crippen molar-refractivity contribution in [1.82, 2.24) is 10.6 Å². The minimum absolute atomic E-state index is 0.0311. The van der Waals surface area contributed by atoms with Crippen LogP contribution < -0.4 is 10.6 Å². The molecule has 1 aromatic carbocycles. The number of amides is 1. The van der Waals surface area contributed by atoms with E-state index >= 15 is 0 Å². The predicted molar refractivity (Wildman–Crippen MR) is 73.4 cm³/mol. The lowest BCUT2D eigenvalue weighted by Gasteiger charge is -2.24. The summed E-state index contributed by atoms with van der Waals surface area (Å²) >= 11 is 0. The maximum Gasteiger partial charge on any atom is 0.237 e. The second-order valence-corrected chi connectivity index (χ2v) is 5.21. The van der Waals surface area contributed by atoms with E-state index in [0.29, 0.717) is 12.0 Å². The summed E-state index contributed by atoms with van der Waals surface area (Å²) in [6.07, 6.45) is 3.63. The van der Waals surface area contributed by atoms with Gasteiger partial charge in [0.1, 0.15) is 5.82 Å². The molecule has 1 heterocycles. The quantitative estimate of drug-likeness (QED) is 0.873. The van der Waals surface area contributed by atoms with Crippen LogP contribution >= 0.6 is 0 Å². The van der Waals surface area contributed by atoms with Crippen LogP contribution in [0.4, 0.5) is 4.39 Å². The van der Waals surface area contributed by atoms with E-state index < -0.39 is 0 Å². The highest BCUT2D eigenvalue weighted by Crippen LogP contribution is 2.10. The summed E-state index contributed by atoms with van der Waals surface area (Å²) in [4.78, 5) is 12.0. The normalized spacial score (nSPS) is 20.8. The maximum atomic E-state index is 13.5. The Balaban J connectivity index is 1.85. The van der Waals surface area contributed by atoms with Crippen LogP contribution in [0.15, 0.2) is 24.3 Å². The first-order valence-electron chi connectivity index (χ1n) is 6.94. The largest absolute Gasteiger partial charge is 0.352 e. The van der Waals surface area contributed by atoms with Crippen molar-refractivity contribution in [3.63, 3.8) is 0 Å². The summed E-state index contributed by atoms with van der Waals surface area (Å²) in [7, 11) is 0. The van der Waals surface area contributed by atoms with E-state index in [-0.39, 0.29) is 23.8 Å². The summed E-state index contributed by atoms with van der Waals surface area (Å²) in [5.41, 5.74) is 0.645. The maximum absolute atomic E-state index is 13.5. The standard InChI is InChI=1S/C15H21FN2O/c1-11(10-12-6-2-3-7-13(12)16)18-15(19)14-8-4-5-9-17-14/h2-3,6-7,11,14,17H,4-5,8-10H2,1H3,(H,18,19). The Morgan fingerprint density at radius 2 is 2.26 bits per heavy atom. The Bertz CT molecular complexity index is 430. The Hall–Kier alpha value is -1.42. The van der Waals surface area contributed by atoms with Crippen LogP contribution in [0.25, 0.3) is 0 Å². The number of halogens is 1. The van der Waals surface area contributed by atoms with Crippen LogP contribution in [0, 0.1) is 5.82 Å². The summed E-state index contributed by atoms with van der Waals surface area (Å²) in [5, 5.41) is 6.17. The molecule has 2 unspecified atom stereocenters. The molecule has 0 aliphatic carbocycles. The molecule has 2 atom stereocenters. The molecular weight excluding hydrogens is 243 g/mol. The average Bonchev–Trinajstić information content (AvgIpc) is 2.42. The lowest BCUT2D eigenvalue weighted by atomic mass is 10.0. The van der Waals surface area contributed by atoms with Crippen molar-refractivity contribution in [1.29, 1.82) is 0 Å². The zero-order valence-corrected chi connectivity index (χ0v) is 11.3. The average molecular weight is 264 g/mol. The van der Waals surface area contributed by atoms with Crippen molar-refractivity contribution in [2.24, 2.45) is 0 Å². The lowest BCUT2D eigenvalue weighted by molar-refractivity contribution is -0.124. The third kappa shape index (κ3) is 4.03. The second-order valence-electron chi connectivity index (χ2n) is 5.21. The molecule has 0 saturated carbocycles. The van der Waals surface area contributed by atoms with Crippen LogP contribution in [0.3, 0.4) is 0 Å². The van der Waals surface area contributed by atoms with Crippen molar-refractivity contribution >= 4 is 5.91 Å². The molecule has 1 aromatic rings. The van der Waals surface area contributed by atoms with Crippen LogP contribution in [-0.2, 0) is 11.2 Å².